The highest BCUT2D eigenvalue weighted by molar-refractivity contribution is 8.14. The van der Waals surface area contributed by atoms with Crippen molar-refractivity contribution >= 4 is 45.6 Å². The maximum absolute atomic E-state index is 9.04. The van der Waals surface area contributed by atoms with Crippen LogP contribution < -0.4 is 15.5 Å². The number of nitrogens with one attached hydrogen (secondary N) is 2. The predicted octanol–water partition coefficient (Wildman–Crippen LogP) is 4.08. The maximum atomic E-state index is 9.04. The zero-order valence-corrected chi connectivity index (χ0v) is 16.6. The number of rotatable bonds is 4. The van der Waals surface area contributed by atoms with E-state index < -0.39 is 0 Å². The second-order valence-electron chi connectivity index (χ2n) is 5.90. The summed E-state index contributed by atoms with van der Waals surface area (Å²) in [5, 5.41) is 18.4. The number of benzene rings is 2. The van der Waals surface area contributed by atoms with Gasteiger partial charge >= 0.3 is 0 Å². The number of nitrogens with zero attached hydrogens (tertiary/aromatic N) is 3. The third-order valence-electron chi connectivity index (χ3n) is 3.82. The second kappa shape index (κ2) is 8.75. The highest BCUT2D eigenvalue weighted by Crippen LogP contribution is 2.27. The van der Waals surface area contributed by atoms with Gasteiger partial charge in [-0.1, -0.05) is 30.8 Å². The standard InChI is InChI=1S/C19H19N5OS2/c1-13-12-24(18(26)21-15-6-3-5-14(9-15)11-20)19(27-13)23-22-16-7-4-8-17(10-16)25-2/h3-10,13,22H,12H2,1-2H3,(H,21,26)/b23-19+. The Morgan fingerprint density at radius 2 is 2.07 bits per heavy atom. The lowest BCUT2D eigenvalue weighted by Gasteiger charge is -2.20. The van der Waals surface area contributed by atoms with E-state index in [1.54, 1.807) is 31.0 Å². The van der Waals surface area contributed by atoms with E-state index in [4.69, 9.17) is 22.2 Å². The van der Waals surface area contributed by atoms with Crippen LogP contribution in [0.15, 0.2) is 53.6 Å². The van der Waals surface area contributed by atoms with Crippen LogP contribution >= 0.6 is 24.0 Å². The van der Waals surface area contributed by atoms with Gasteiger partial charge in [0.05, 0.1) is 24.4 Å². The molecule has 3 rings (SSSR count). The van der Waals surface area contributed by atoms with Gasteiger partial charge in [-0.05, 0) is 42.5 Å². The summed E-state index contributed by atoms with van der Waals surface area (Å²) in [6.45, 7) is 2.89. The molecule has 27 heavy (non-hydrogen) atoms. The van der Waals surface area contributed by atoms with Crippen LogP contribution in [0.25, 0.3) is 0 Å². The van der Waals surface area contributed by atoms with E-state index in [0.29, 0.717) is 15.9 Å². The number of nitriles is 1. The van der Waals surface area contributed by atoms with E-state index in [-0.39, 0.29) is 0 Å². The fourth-order valence-electron chi connectivity index (χ4n) is 2.53. The number of thiocarbonyl (C=S) groups is 1. The van der Waals surface area contributed by atoms with Gasteiger partial charge in [0.25, 0.3) is 0 Å². The fourth-order valence-corrected chi connectivity index (χ4v) is 3.85. The first-order valence-corrected chi connectivity index (χ1v) is 9.61. The molecule has 1 aliphatic rings. The molecule has 1 saturated heterocycles. The summed E-state index contributed by atoms with van der Waals surface area (Å²) in [5.41, 5.74) is 5.26. The van der Waals surface area contributed by atoms with Crippen molar-refractivity contribution in [1.82, 2.24) is 4.90 Å². The van der Waals surface area contributed by atoms with Gasteiger partial charge in [-0.25, -0.2) is 0 Å². The van der Waals surface area contributed by atoms with Crippen molar-refractivity contribution in [2.45, 2.75) is 12.2 Å². The van der Waals surface area contributed by atoms with Gasteiger partial charge in [-0.2, -0.15) is 5.26 Å². The molecule has 1 unspecified atom stereocenters. The molecule has 1 atom stereocenters. The zero-order chi connectivity index (χ0) is 19.2. The lowest BCUT2D eigenvalue weighted by Crippen LogP contribution is -2.36. The summed E-state index contributed by atoms with van der Waals surface area (Å²) >= 11 is 7.22. The van der Waals surface area contributed by atoms with Crippen LogP contribution in [0, 0.1) is 11.3 Å². The van der Waals surface area contributed by atoms with Gasteiger partial charge in [0.2, 0.25) is 0 Å². The number of hydrogen-bond donors (Lipinski definition) is 2. The van der Waals surface area contributed by atoms with Gasteiger partial charge in [0.1, 0.15) is 5.75 Å². The molecule has 1 fully saturated rings. The number of methoxy groups -OCH3 is 1. The average molecular weight is 398 g/mol. The zero-order valence-electron chi connectivity index (χ0n) is 15.0. The Bertz CT molecular complexity index is 909. The monoisotopic (exact) mass is 397 g/mol. The second-order valence-corrected chi connectivity index (χ2v) is 7.69. The Balaban J connectivity index is 1.72. The third-order valence-corrected chi connectivity index (χ3v) is 5.21. The van der Waals surface area contributed by atoms with Crippen LogP contribution in [0.2, 0.25) is 0 Å². The number of amidine groups is 1. The number of ether oxygens (including phenoxy) is 1. The van der Waals surface area contributed by atoms with Crippen LogP contribution in [0.3, 0.4) is 0 Å². The third kappa shape index (κ3) is 4.90. The molecule has 0 aromatic heterocycles. The Kier molecular flexibility index (Phi) is 6.16. The lowest BCUT2D eigenvalue weighted by atomic mass is 10.2. The Morgan fingerprint density at radius 1 is 1.30 bits per heavy atom. The first-order chi connectivity index (χ1) is 13.1. The van der Waals surface area contributed by atoms with Crippen LogP contribution in [0.4, 0.5) is 11.4 Å². The fraction of sp³-hybridized carbons (Fsp3) is 0.211. The van der Waals surface area contributed by atoms with E-state index in [1.165, 1.54) is 0 Å². The summed E-state index contributed by atoms with van der Waals surface area (Å²) < 4.78 is 5.23. The van der Waals surface area contributed by atoms with E-state index in [0.717, 1.165) is 28.8 Å². The first-order valence-electron chi connectivity index (χ1n) is 8.32. The maximum Gasteiger partial charge on any atom is 0.189 e. The minimum absolute atomic E-state index is 0.362. The molecule has 0 radical (unpaired) electrons. The molecule has 0 bridgehead atoms. The summed E-state index contributed by atoms with van der Waals surface area (Å²) in [5.74, 6) is 0.763. The van der Waals surface area contributed by atoms with Crippen molar-refractivity contribution in [1.29, 1.82) is 5.26 Å². The van der Waals surface area contributed by atoms with Crippen LogP contribution in [0.5, 0.6) is 5.75 Å². The lowest BCUT2D eigenvalue weighted by molar-refractivity contribution is 0.415. The number of thioether (sulfide) groups is 1. The molecular weight excluding hydrogens is 378 g/mol. The molecule has 2 N–H and O–H groups in total. The molecule has 6 nitrogen and oxygen atoms in total. The van der Waals surface area contributed by atoms with Crippen LogP contribution in [0.1, 0.15) is 12.5 Å². The van der Waals surface area contributed by atoms with Gasteiger partial charge in [-0.15, -0.1) is 5.10 Å². The van der Waals surface area contributed by atoms with Crippen molar-refractivity contribution in [3.63, 3.8) is 0 Å². The van der Waals surface area contributed by atoms with E-state index in [9.17, 15) is 0 Å². The molecular formula is C19H19N5OS2. The molecule has 0 spiro atoms. The largest absolute Gasteiger partial charge is 0.497 e. The predicted molar refractivity (Wildman–Crippen MR) is 115 cm³/mol. The van der Waals surface area contributed by atoms with Gasteiger partial charge in [0.15, 0.2) is 10.3 Å². The molecule has 1 heterocycles. The topological polar surface area (TPSA) is 72.7 Å². The number of anilines is 2. The summed E-state index contributed by atoms with van der Waals surface area (Å²) in [6.07, 6.45) is 0. The molecule has 1 aliphatic heterocycles. The van der Waals surface area contributed by atoms with Gasteiger partial charge in [-0.3, -0.25) is 10.3 Å². The van der Waals surface area contributed by atoms with Crippen molar-refractivity contribution in [2.24, 2.45) is 5.10 Å². The molecule has 0 aliphatic carbocycles. The molecule has 0 saturated carbocycles. The smallest absolute Gasteiger partial charge is 0.189 e. The highest BCUT2D eigenvalue weighted by atomic mass is 32.2. The molecule has 2 aromatic rings. The van der Waals surface area contributed by atoms with Crippen molar-refractivity contribution in [3.8, 4) is 11.8 Å². The SMILES string of the molecule is COc1cccc(N/N=C2/SC(C)CN2C(=S)Nc2cccc(C#N)c2)c1. The van der Waals surface area contributed by atoms with Crippen LogP contribution in [-0.4, -0.2) is 34.1 Å². The quantitative estimate of drug-likeness (QED) is 0.595. The van der Waals surface area contributed by atoms with E-state index in [1.807, 2.05) is 41.3 Å². The molecule has 8 heteroatoms. The van der Waals surface area contributed by atoms with Crippen molar-refractivity contribution in [2.75, 3.05) is 24.4 Å². The Hall–Kier alpha value is -2.76. The van der Waals surface area contributed by atoms with Gasteiger partial charge < -0.3 is 10.1 Å². The Labute approximate surface area is 168 Å². The summed E-state index contributed by atoms with van der Waals surface area (Å²) in [7, 11) is 1.63. The van der Waals surface area contributed by atoms with Crippen molar-refractivity contribution in [3.05, 3.63) is 54.1 Å². The number of hydrazone groups is 1. The van der Waals surface area contributed by atoms with Gasteiger partial charge in [0, 0.05) is 23.5 Å². The average Bonchev–Trinajstić information content (AvgIpc) is 3.07. The normalized spacial score (nSPS) is 17.4. The molecule has 0 amide bonds. The highest BCUT2D eigenvalue weighted by Gasteiger charge is 2.29. The Morgan fingerprint density at radius 3 is 2.85 bits per heavy atom. The molecule has 138 valence electrons. The minimum Gasteiger partial charge on any atom is -0.497 e. The van der Waals surface area contributed by atoms with Crippen LogP contribution in [-0.2, 0) is 0 Å². The summed E-state index contributed by atoms with van der Waals surface area (Å²) in [4.78, 5) is 1.96. The first kappa shape index (κ1) is 19.0. The molecule has 2 aromatic carbocycles. The minimum atomic E-state index is 0.362. The summed E-state index contributed by atoms with van der Waals surface area (Å²) in [6, 6.07) is 16.9. The van der Waals surface area contributed by atoms with Crippen molar-refractivity contribution < 1.29 is 4.74 Å². The van der Waals surface area contributed by atoms with E-state index >= 15 is 0 Å². The van der Waals surface area contributed by atoms with E-state index in [2.05, 4.69) is 28.8 Å². The number of hydrogen-bond acceptors (Lipinski definition) is 6.